The minimum absolute atomic E-state index is 0.0224. The molecular formula is C24H21N3O. The van der Waals surface area contributed by atoms with E-state index >= 15 is 0 Å². The summed E-state index contributed by atoms with van der Waals surface area (Å²) in [7, 11) is 1.94. The Morgan fingerprint density at radius 3 is 2.11 bits per heavy atom. The summed E-state index contributed by atoms with van der Waals surface area (Å²) in [6, 6.07) is 23.9. The van der Waals surface area contributed by atoms with Gasteiger partial charge in [0.25, 0.3) is 0 Å². The van der Waals surface area contributed by atoms with Gasteiger partial charge in [0, 0.05) is 23.2 Å². The lowest BCUT2D eigenvalue weighted by Gasteiger charge is -2.12. The van der Waals surface area contributed by atoms with Crippen LogP contribution in [0.4, 0.5) is 0 Å². The van der Waals surface area contributed by atoms with E-state index in [1.165, 1.54) is 5.56 Å². The highest BCUT2D eigenvalue weighted by Crippen LogP contribution is 2.31. The van der Waals surface area contributed by atoms with Gasteiger partial charge >= 0.3 is 0 Å². The van der Waals surface area contributed by atoms with Crippen LogP contribution in [0.3, 0.4) is 0 Å². The molecule has 0 saturated heterocycles. The molecule has 0 bridgehead atoms. The first-order chi connectivity index (χ1) is 13.7. The van der Waals surface area contributed by atoms with Crippen LogP contribution in [0.25, 0.3) is 33.5 Å². The molecule has 4 aromatic rings. The van der Waals surface area contributed by atoms with Gasteiger partial charge in [-0.25, -0.2) is 9.97 Å². The monoisotopic (exact) mass is 367 g/mol. The molecule has 0 unspecified atom stereocenters. The molecule has 0 aliphatic heterocycles. The molecule has 1 aromatic heterocycles. The zero-order chi connectivity index (χ0) is 19.5. The molecule has 0 radical (unpaired) electrons. The first kappa shape index (κ1) is 18.0. The Labute approximate surface area is 164 Å². The number of carbonyl (C=O) groups is 1. The third kappa shape index (κ3) is 3.55. The molecule has 3 aromatic carbocycles. The van der Waals surface area contributed by atoms with E-state index < -0.39 is 0 Å². The molecule has 4 nitrogen and oxygen atoms in total. The first-order valence-electron chi connectivity index (χ1n) is 9.28. The smallest absolute Gasteiger partial charge is 0.159 e. The number of nitrogens with one attached hydrogen (secondary N) is 1. The summed E-state index contributed by atoms with van der Waals surface area (Å²) >= 11 is 0. The van der Waals surface area contributed by atoms with E-state index in [-0.39, 0.29) is 5.78 Å². The molecule has 0 fully saturated rings. The van der Waals surface area contributed by atoms with Crippen LogP contribution in [0.15, 0.2) is 72.8 Å². The van der Waals surface area contributed by atoms with Crippen molar-refractivity contribution in [2.45, 2.75) is 13.5 Å². The number of fused-ring (bicyclic) bond motifs is 1. The SMILES string of the molecule is CNCc1ccc(-c2nc3ccc(C(C)=O)cc3nc2-c2ccccc2)cc1. The molecule has 0 atom stereocenters. The lowest BCUT2D eigenvalue weighted by Crippen LogP contribution is -2.04. The van der Waals surface area contributed by atoms with Gasteiger partial charge < -0.3 is 5.32 Å². The number of aromatic nitrogens is 2. The normalized spacial score (nSPS) is 10.9. The number of hydrogen-bond acceptors (Lipinski definition) is 4. The van der Waals surface area contributed by atoms with Crippen LogP contribution >= 0.6 is 0 Å². The van der Waals surface area contributed by atoms with Crippen LogP contribution in [-0.2, 0) is 6.54 Å². The summed E-state index contributed by atoms with van der Waals surface area (Å²) in [5.74, 6) is 0.0224. The van der Waals surface area contributed by atoms with E-state index in [4.69, 9.17) is 9.97 Å². The zero-order valence-corrected chi connectivity index (χ0v) is 15.9. The summed E-state index contributed by atoms with van der Waals surface area (Å²) in [6.45, 7) is 2.39. The van der Waals surface area contributed by atoms with Gasteiger partial charge in [0.1, 0.15) is 0 Å². The number of carbonyl (C=O) groups excluding carboxylic acids is 1. The van der Waals surface area contributed by atoms with Gasteiger partial charge in [0.05, 0.1) is 22.4 Å². The van der Waals surface area contributed by atoms with Gasteiger partial charge in [-0.2, -0.15) is 0 Å². The van der Waals surface area contributed by atoms with E-state index in [1.54, 1.807) is 13.0 Å². The third-order valence-corrected chi connectivity index (χ3v) is 4.73. The van der Waals surface area contributed by atoms with Crippen molar-refractivity contribution in [3.8, 4) is 22.5 Å². The average Bonchev–Trinajstić information content (AvgIpc) is 2.74. The second-order valence-corrected chi connectivity index (χ2v) is 6.77. The maximum absolute atomic E-state index is 11.8. The maximum atomic E-state index is 11.8. The maximum Gasteiger partial charge on any atom is 0.159 e. The number of ketones is 1. The standard InChI is InChI=1S/C24H21N3O/c1-16(28)20-12-13-21-22(14-20)27-23(18-6-4-3-5-7-18)24(26-21)19-10-8-17(9-11-19)15-25-2/h3-14,25H,15H2,1-2H3. The summed E-state index contributed by atoms with van der Waals surface area (Å²) in [5.41, 5.74) is 7.03. The summed E-state index contributed by atoms with van der Waals surface area (Å²) in [5, 5.41) is 3.16. The Hall–Kier alpha value is -3.37. The van der Waals surface area contributed by atoms with Gasteiger partial charge in [-0.05, 0) is 37.7 Å². The van der Waals surface area contributed by atoms with Crippen molar-refractivity contribution in [2.24, 2.45) is 0 Å². The molecule has 1 N–H and O–H groups in total. The fraction of sp³-hybridized carbons (Fsp3) is 0.125. The fourth-order valence-electron chi connectivity index (χ4n) is 3.26. The van der Waals surface area contributed by atoms with E-state index in [2.05, 4.69) is 29.6 Å². The fourth-order valence-corrected chi connectivity index (χ4v) is 3.26. The van der Waals surface area contributed by atoms with Crippen molar-refractivity contribution in [3.63, 3.8) is 0 Å². The van der Waals surface area contributed by atoms with Crippen molar-refractivity contribution in [2.75, 3.05) is 7.05 Å². The lowest BCUT2D eigenvalue weighted by molar-refractivity contribution is 0.101. The van der Waals surface area contributed by atoms with E-state index in [0.29, 0.717) is 5.56 Å². The Morgan fingerprint density at radius 1 is 0.821 bits per heavy atom. The molecule has 4 rings (SSSR count). The van der Waals surface area contributed by atoms with Crippen LogP contribution < -0.4 is 5.32 Å². The third-order valence-electron chi connectivity index (χ3n) is 4.73. The van der Waals surface area contributed by atoms with Crippen LogP contribution in [0, 0.1) is 0 Å². The molecular weight excluding hydrogens is 346 g/mol. The predicted octanol–water partition coefficient (Wildman–Crippen LogP) is 4.89. The molecule has 1 heterocycles. The van der Waals surface area contributed by atoms with Gasteiger partial charge in [-0.3, -0.25) is 4.79 Å². The second kappa shape index (κ2) is 7.71. The first-order valence-corrected chi connectivity index (χ1v) is 9.28. The molecule has 0 spiro atoms. The summed E-state index contributed by atoms with van der Waals surface area (Å²) in [6.07, 6.45) is 0. The van der Waals surface area contributed by atoms with E-state index in [0.717, 1.165) is 40.1 Å². The molecule has 0 aliphatic rings. The quantitative estimate of drug-likeness (QED) is 0.511. The van der Waals surface area contributed by atoms with E-state index in [9.17, 15) is 4.79 Å². The number of benzene rings is 3. The predicted molar refractivity (Wildman–Crippen MR) is 113 cm³/mol. The topological polar surface area (TPSA) is 54.9 Å². The van der Waals surface area contributed by atoms with Gasteiger partial charge in [0.2, 0.25) is 0 Å². The molecule has 4 heteroatoms. The largest absolute Gasteiger partial charge is 0.316 e. The van der Waals surface area contributed by atoms with Crippen LogP contribution in [-0.4, -0.2) is 22.8 Å². The Kier molecular flexibility index (Phi) is 4.96. The highest BCUT2D eigenvalue weighted by atomic mass is 16.1. The number of hydrogen-bond donors (Lipinski definition) is 1. The second-order valence-electron chi connectivity index (χ2n) is 6.77. The minimum atomic E-state index is 0.0224. The highest BCUT2D eigenvalue weighted by Gasteiger charge is 2.14. The van der Waals surface area contributed by atoms with Crippen molar-refractivity contribution < 1.29 is 4.79 Å². The number of Topliss-reactive ketones (excluding diaryl/α,β-unsaturated/α-hetero) is 1. The number of rotatable bonds is 5. The molecule has 0 aliphatic carbocycles. The van der Waals surface area contributed by atoms with Crippen molar-refractivity contribution in [1.82, 2.24) is 15.3 Å². The summed E-state index contributed by atoms with van der Waals surface area (Å²) in [4.78, 5) is 21.6. The van der Waals surface area contributed by atoms with Gasteiger partial charge in [0.15, 0.2) is 5.78 Å². The van der Waals surface area contributed by atoms with Crippen molar-refractivity contribution in [3.05, 3.63) is 83.9 Å². The summed E-state index contributed by atoms with van der Waals surface area (Å²) < 4.78 is 0. The average molecular weight is 367 g/mol. The van der Waals surface area contributed by atoms with Crippen molar-refractivity contribution >= 4 is 16.8 Å². The van der Waals surface area contributed by atoms with Crippen LogP contribution in [0.2, 0.25) is 0 Å². The Bertz CT molecular complexity index is 1140. The van der Waals surface area contributed by atoms with Gasteiger partial charge in [-0.1, -0.05) is 54.6 Å². The molecule has 28 heavy (non-hydrogen) atoms. The minimum Gasteiger partial charge on any atom is -0.316 e. The Balaban J connectivity index is 1.92. The van der Waals surface area contributed by atoms with Crippen LogP contribution in [0.5, 0.6) is 0 Å². The highest BCUT2D eigenvalue weighted by molar-refractivity contribution is 5.98. The van der Waals surface area contributed by atoms with Crippen LogP contribution in [0.1, 0.15) is 22.8 Å². The van der Waals surface area contributed by atoms with Crippen molar-refractivity contribution in [1.29, 1.82) is 0 Å². The molecule has 0 amide bonds. The molecule has 138 valence electrons. The lowest BCUT2D eigenvalue weighted by atomic mass is 10.0. The van der Waals surface area contributed by atoms with E-state index in [1.807, 2.05) is 49.5 Å². The number of nitrogens with zero attached hydrogens (tertiary/aromatic N) is 2. The van der Waals surface area contributed by atoms with Gasteiger partial charge in [-0.15, -0.1) is 0 Å². The Morgan fingerprint density at radius 2 is 1.46 bits per heavy atom. The zero-order valence-electron chi connectivity index (χ0n) is 15.9. The molecule has 0 saturated carbocycles.